The van der Waals surface area contributed by atoms with Crippen LogP contribution in [0.3, 0.4) is 0 Å². The van der Waals surface area contributed by atoms with Crippen LogP contribution in [0.2, 0.25) is 0 Å². The summed E-state index contributed by atoms with van der Waals surface area (Å²) in [6, 6.07) is 4.10. The van der Waals surface area contributed by atoms with Gasteiger partial charge in [0.05, 0.1) is 17.1 Å². The van der Waals surface area contributed by atoms with Crippen LogP contribution in [-0.4, -0.2) is 61.3 Å². The monoisotopic (exact) mass is 547 g/mol. The van der Waals surface area contributed by atoms with Gasteiger partial charge in [-0.05, 0) is 77.0 Å². The molecule has 0 radical (unpaired) electrons. The van der Waals surface area contributed by atoms with Gasteiger partial charge in [0.2, 0.25) is 5.91 Å². The number of carbonyl (C=O) groups is 3. The molecule has 3 amide bonds. The molecule has 1 N–H and O–H groups in total. The van der Waals surface area contributed by atoms with Crippen LogP contribution < -0.4 is 5.32 Å². The second-order valence-corrected chi connectivity index (χ2v) is 12.3. The fourth-order valence-electron chi connectivity index (χ4n) is 4.74. The zero-order valence-electron chi connectivity index (χ0n) is 21.4. The molecule has 1 saturated heterocycles. The van der Waals surface area contributed by atoms with Crippen molar-refractivity contribution in [2.45, 2.75) is 70.2 Å². The summed E-state index contributed by atoms with van der Waals surface area (Å²) in [6.45, 7) is 6.00. The third-order valence-corrected chi connectivity index (χ3v) is 9.83. The van der Waals surface area contributed by atoms with Crippen molar-refractivity contribution in [1.29, 1.82) is 0 Å². The second-order valence-electron chi connectivity index (χ2n) is 9.39. The van der Waals surface area contributed by atoms with Crippen molar-refractivity contribution in [3.8, 4) is 0 Å². The number of aryl methyl sites for hydroxylation is 2. The van der Waals surface area contributed by atoms with Gasteiger partial charge in [-0.15, -0.1) is 11.3 Å². The molecule has 2 aromatic rings. The van der Waals surface area contributed by atoms with Crippen molar-refractivity contribution in [1.82, 2.24) is 9.21 Å². The molecular formula is C26H33N3O6S2. The zero-order valence-corrected chi connectivity index (χ0v) is 23.0. The molecule has 1 aliphatic heterocycles. The van der Waals surface area contributed by atoms with Gasteiger partial charge in [0, 0.05) is 18.0 Å². The molecule has 0 saturated carbocycles. The van der Waals surface area contributed by atoms with Crippen LogP contribution in [0.5, 0.6) is 0 Å². The summed E-state index contributed by atoms with van der Waals surface area (Å²) in [5.41, 5.74) is 2.09. The normalized spacial score (nSPS) is 16.1. The van der Waals surface area contributed by atoms with Crippen LogP contribution >= 0.6 is 11.3 Å². The van der Waals surface area contributed by atoms with E-state index in [-0.39, 0.29) is 11.5 Å². The van der Waals surface area contributed by atoms with E-state index in [2.05, 4.69) is 5.32 Å². The third kappa shape index (κ3) is 5.52. The Morgan fingerprint density at radius 3 is 2.38 bits per heavy atom. The number of nitrogens with zero attached hydrogens (tertiary/aromatic N) is 2. The molecule has 0 bridgehead atoms. The van der Waals surface area contributed by atoms with Gasteiger partial charge >= 0.3 is 12.0 Å². The van der Waals surface area contributed by atoms with Gasteiger partial charge < -0.3 is 15.0 Å². The van der Waals surface area contributed by atoms with Gasteiger partial charge in [-0.25, -0.2) is 22.3 Å². The maximum atomic E-state index is 13.7. The predicted octanol–water partition coefficient (Wildman–Crippen LogP) is 4.35. The fraction of sp³-hybridized carbons (Fsp3) is 0.500. The molecule has 1 aromatic carbocycles. The number of benzene rings is 1. The number of fused-ring (bicyclic) bond motifs is 1. The van der Waals surface area contributed by atoms with E-state index >= 15 is 0 Å². The Kier molecular flexibility index (Phi) is 8.23. The van der Waals surface area contributed by atoms with Crippen molar-refractivity contribution in [2.75, 3.05) is 25.0 Å². The largest absolute Gasteiger partial charge is 0.462 e. The van der Waals surface area contributed by atoms with Crippen molar-refractivity contribution in [3.63, 3.8) is 0 Å². The minimum atomic E-state index is -4.34. The number of rotatable bonds is 7. The number of carbonyl (C=O) groups excluding carboxylic acids is 3. The molecule has 1 aromatic heterocycles. The van der Waals surface area contributed by atoms with E-state index in [9.17, 15) is 22.8 Å². The Balaban J connectivity index is 1.68. The summed E-state index contributed by atoms with van der Waals surface area (Å²) >= 11 is 1.32. The first kappa shape index (κ1) is 27.1. The molecule has 2 heterocycles. The lowest BCUT2D eigenvalue weighted by Gasteiger charge is -2.31. The molecule has 200 valence electrons. The summed E-state index contributed by atoms with van der Waals surface area (Å²) < 4.78 is 33.3. The Bertz CT molecular complexity index is 1280. The molecule has 1 aliphatic carbocycles. The number of anilines is 1. The average Bonchev–Trinajstić information content (AvgIpc) is 3.52. The highest BCUT2D eigenvalue weighted by atomic mass is 32.2. The molecule has 1 atom stereocenters. The molecule has 37 heavy (non-hydrogen) atoms. The number of sulfonamides is 1. The third-order valence-electron chi connectivity index (χ3n) is 6.76. The first-order valence-corrected chi connectivity index (χ1v) is 14.9. The van der Waals surface area contributed by atoms with E-state index in [1.807, 2.05) is 6.92 Å². The van der Waals surface area contributed by atoms with Crippen molar-refractivity contribution >= 4 is 44.3 Å². The number of likely N-dealkylation sites (tertiary alicyclic amines) is 1. The van der Waals surface area contributed by atoms with Crippen molar-refractivity contribution in [3.05, 3.63) is 45.8 Å². The highest BCUT2D eigenvalue weighted by Gasteiger charge is 2.40. The topological polar surface area (TPSA) is 113 Å². The highest BCUT2D eigenvalue weighted by molar-refractivity contribution is 7.89. The van der Waals surface area contributed by atoms with Gasteiger partial charge in [0.15, 0.2) is 0 Å². The summed E-state index contributed by atoms with van der Waals surface area (Å²) in [5.74, 6) is -1.20. The maximum Gasteiger partial charge on any atom is 0.341 e. The molecule has 0 spiro atoms. The number of amides is 3. The van der Waals surface area contributed by atoms with Gasteiger partial charge in [-0.1, -0.05) is 17.7 Å². The smallest absolute Gasteiger partial charge is 0.341 e. The first-order chi connectivity index (χ1) is 17.6. The van der Waals surface area contributed by atoms with E-state index < -0.39 is 34.0 Å². The summed E-state index contributed by atoms with van der Waals surface area (Å²) in [6.07, 6.45) is 4.99. The summed E-state index contributed by atoms with van der Waals surface area (Å²) in [7, 11) is -4.34. The maximum absolute atomic E-state index is 13.7. The molecule has 9 nitrogen and oxygen atoms in total. The molecule has 4 rings (SSSR count). The minimum Gasteiger partial charge on any atom is -0.462 e. The minimum absolute atomic E-state index is 0.0657. The highest BCUT2D eigenvalue weighted by Crippen LogP contribution is 2.39. The number of nitrogens with one attached hydrogen (secondary N) is 1. The van der Waals surface area contributed by atoms with E-state index in [1.165, 1.54) is 35.3 Å². The number of hydrogen-bond acceptors (Lipinski definition) is 7. The molecule has 2 aliphatic rings. The lowest BCUT2D eigenvalue weighted by Crippen LogP contribution is -2.53. The second kappa shape index (κ2) is 11.2. The van der Waals surface area contributed by atoms with E-state index in [0.29, 0.717) is 34.4 Å². The standard InChI is InChI=1S/C26H33N3O6S2/c1-4-35-25(31)22-20-9-5-6-10-21(20)36-24(22)27-23(30)18(3)29(26(32)28-15-7-8-16-28)37(33,34)19-13-11-17(2)12-14-19/h11-14,18H,4-10,15-16H2,1-3H3,(H,27,30). The summed E-state index contributed by atoms with van der Waals surface area (Å²) in [5, 5.41) is 3.10. The van der Waals surface area contributed by atoms with Crippen LogP contribution in [-0.2, 0) is 32.4 Å². The van der Waals surface area contributed by atoms with Gasteiger partial charge in [0.25, 0.3) is 10.0 Å². The Labute approximate surface area is 221 Å². The van der Waals surface area contributed by atoms with Crippen LogP contribution in [0.1, 0.15) is 65.9 Å². The van der Waals surface area contributed by atoms with E-state index in [1.54, 1.807) is 19.1 Å². The number of thiophene rings is 1. The number of ether oxygens (including phenoxy) is 1. The fourth-order valence-corrected chi connectivity index (χ4v) is 7.56. The Morgan fingerprint density at radius 2 is 1.73 bits per heavy atom. The summed E-state index contributed by atoms with van der Waals surface area (Å²) in [4.78, 5) is 42.2. The first-order valence-electron chi connectivity index (χ1n) is 12.7. The zero-order chi connectivity index (χ0) is 26.7. The SMILES string of the molecule is CCOC(=O)c1c(NC(=O)C(C)N(C(=O)N2CCCC2)S(=O)(=O)c2ccc(C)cc2)sc2c1CCCC2. The molecule has 11 heteroatoms. The van der Waals surface area contributed by atoms with Crippen LogP contribution in [0.25, 0.3) is 0 Å². The average molecular weight is 548 g/mol. The Morgan fingerprint density at radius 1 is 1.08 bits per heavy atom. The van der Waals surface area contributed by atoms with E-state index in [4.69, 9.17) is 4.74 Å². The van der Waals surface area contributed by atoms with Crippen molar-refractivity contribution < 1.29 is 27.5 Å². The number of hydrogen-bond donors (Lipinski definition) is 1. The van der Waals surface area contributed by atoms with Crippen LogP contribution in [0.4, 0.5) is 9.80 Å². The molecular weight excluding hydrogens is 514 g/mol. The Hall–Kier alpha value is -2.92. The van der Waals surface area contributed by atoms with Crippen molar-refractivity contribution in [2.24, 2.45) is 0 Å². The molecule has 1 unspecified atom stereocenters. The lowest BCUT2D eigenvalue weighted by molar-refractivity contribution is -0.118. The van der Waals surface area contributed by atoms with E-state index in [0.717, 1.165) is 48.1 Å². The van der Waals surface area contributed by atoms with Gasteiger partial charge in [-0.3, -0.25) is 4.79 Å². The number of urea groups is 1. The molecule has 1 fully saturated rings. The predicted molar refractivity (Wildman–Crippen MR) is 141 cm³/mol. The van der Waals surface area contributed by atoms with Crippen LogP contribution in [0, 0.1) is 6.92 Å². The quantitative estimate of drug-likeness (QED) is 0.516. The number of esters is 1. The van der Waals surface area contributed by atoms with Gasteiger partial charge in [0.1, 0.15) is 11.0 Å². The lowest BCUT2D eigenvalue weighted by atomic mass is 9.95. The van der Waals surface area contributed by atoms with Crippen LogP contribution in [0.15, 0.2) is 29.2 Å². The van der Waals surface area contributed by atoms with Gasteiger partial charge in [-0.2, -0.15) is 0 Å².